The smallest absolute Gasteiger partial charge is 0.301 e. The predicted octanol–water partition coefficient (Wildman–Crippen LogP) is 4.42. The van der Waals surface area contributed by atoms with E-state index in [4.69, 9.17) is 5.26 Å². The molecule has 3 heteroatoms. The monoisotopic (exact) mass is 244 g/mol. The van der Waals surface area contributed by atoms with Gasteiger partial charge in [0.2, 0.25) is 0 Å². The lowest BCUT2D eigenvalue weighted by Crippen LogP contribution is -2.16. The second kappa shape index (κ2) is 8.51. The van der Waals surface area contributed by atoms with Crippen molar-refractivity contribution in [3.8, 4) is 0 Å². The van der Waals surface area contributed by atoms with Crippen molar-refractivity contribution in [3.05, 3.63) is 0 Å². The first-order valence-electron chi connectivity index (χ1n) is 6.76. The highest BCUT2D eigenvalue weighted by Gasteiger charge is 2.19. The summed E-state index contributed by atoms with van der Waals surface area (Å²) in [6, 6.07) is 0. The van der Waals surface area contributed by atoms with Crippen molar-refractivity contribution in [2.24, 2.45) is 11.3 Å². The van der Waals surface area contributed by atoms with Crippen molar-refractivity contribution in [1.82, 2.24) is 0 Å². The average Bonchev–Trinajstić information content (AvgIpc) is 2.25. The van der Waals surface area contributed by atoms with Crippen LogP contribution in [0.4, 0.5) is 0 Å². The Morgan fingerprint density at radius 1 is 1.18 bits per heavy atom. The van der Waals surface area contributed by atoms with Gasteiger partial charge in [0, 0.05) is 0 Å². The maximum absolute atomic E-state index is 11.3. The molecular weight excluding hydrogens is 216 g/mol. The molecule has 17 heavy (non-hydrogen) atoms. The topological polar surface area (TPSA) is 46.5 Å². The Labute approximate surface area is 105 Å². The lowest BCUT2D eigenvalue weighted by Gasteiger charge is -2.18. The molecule has 1 N–H and O–H groups in total. The molecule has 0 aromatic carbocycles. The SMILES string of the molecule is CCCCC(CCCCC(C)(C)C)C(=O)OO. The van der Waals surface area contributed by atoms with E-state index >= 15 is 0 Å². The van der Waals surface area contributed by atoms with Gasteiger partial charge >= 0.3 is 5.97 Å². The minimum absolute atomic E-state index is 0.125. The van der Waals surface area contributed by atoms with Crippen LogP contribution in [0.5, 0.6) is 0 Å². The molecule has 0 aliphatic carbocycles. The predicted molar refractivity (Wildman–Crippen MR) is 69.7 cm³/mol. The molecule has 3 nitrogen and oxygen atoms in total. The van der Waals surface area contributed by atoms with Gasteiger partial charge in [-0.1, -0.05) is 53.4 Å². The number of unbranched alkanes of at least 4 members (excludes halogenated alkanes) is 2. The van der Waals surface area contributed by atoms with E-state index in [1.807, 2.05) is 0 Å². The number of carbonyl (C=O) groups is 1. The molecule has 1 atom stereocenters. The van der Waals surface area contributed by atoms with Crippen LogP contribution in [0.15, 0.2) is 0 Å². The van der Waals surface area contributed by atoms with Gasteiger partial charge in [-0.25, -0.2) is 4.79 Å². The van der Waals surface area contributed by atoms with E-state index < -0.39 is 5.97 Å². The van der Waals surface area contributed by atoms with Crippen molar-refractivity contribution in [3.63, 3.8) is 0 Å². The Morgan fingerprint density at radius 3 is 2.24 bits per heavy atom. The summed E-state index contributed by atoms with van der Waals surface area (Å²) in [6.45, 7) is 8.78. The van der Waals surface area contributed by atoms with Gasteiger partial charge in [-0.05, 0) is 24.7 Å². The largest absolute Gasteiger partial charge is 0.345 e. The summed E-state index contributed by atoms with van der Waals surface area (Å²) in [6.07, 6.45) is 7.06. The fourth-order valence-electron chi connectivity index (χ4n) is 1.95. The van der Waals surface area contributed by atoms with Crippen molar-refractivity contribution >= 4 is 5.97 Å². The highest BCUT2D eigenvalue weighted by molar-refractivity contribution is 5.71. The Kier molecular flexibility index (Phi) is 8.23. The molecule has 0 fully saturated rings. The van der Waals surface area contributed by atoms with E-state index in [0.717, 1.165) is 38.5 Å². The lowest BCUT2D eigenvalue weighted by atomic mass is 9.88. The van der Waals surface area contributed by atoms with E-state index in [1.54, 1.807) is 0 Å². The Balaban J connectivity index is 3.87. The molecule has 0 aromatic heterocycles. The zero-order valence-electron chi connectivity index (χ0n) is 11.8. The van der Waals surface area contributed by atoms with Crippen LogP contribution in [0.2, 0.25) is 0 Å². The first-order chi connectivity index (χ1) is 7.90. The summed E-state index contributed by atoms with van der Waals surface area (Å²) >= 11 is 0. The zero-order valence-corrected chi connectivity index (χ0v) is 11.8. The van der Waals surface area contributed by atoms with E-state index in [9.17, 15) is 4.79 Å². The zero-order chi connectivity index (χ0) is 13.3. The van der Waals surface area contributed by atoms with Crippen LogP contribution in [0.25, 0.3) is 0 Å². The summed E-state index contributed by atoms with van der Waals surface area (Å²) < 4.78 is 0. The Hall–Kier alpha value is -0.570. The quantitative estimate of drug-likeness (QED) is 0.390. The molecule has 1 unspecified atom stereocenters. The van der Waals surface area contributed by atoms with Crippen molar-refractivity contribution < 1.29 is 14.9 Å². The van der Waals surface area contributed by atoms with Gasteiger partial charge in [0.25, 0.3) is 0 Å². The molecular formula is C14H28O3. The minimum Gasteiger partial charge on any atom is -0.301 e. The molecule has 0 bridgehead atoms. The van der Waals surface area contributed by atoms with Gasteiger partial charge in [-0.3, -0.25) is 0 Å². The summed E-state index contributed by atoms with van der Waals surface area (Å²) in [5.74, 6) is -0.589. The normalized spacial score (nSPS) is 13.5. The second-order valence-corrected chi connectivity index (χ2v) is 6.06. The summed E-state index contributed by atoms with van der Waals surface area (Å²) in [4.78, 5) is 15.2. The third kappa shape index (κ3) is 9.16. The van der Waals surface area contributed by atoms with Crippen LogP contribution in [0.3, 0.4) is 0 Å². The molecule has 102 valence electrons. The number of carbonyl (C=O) groups excluding carboxylic acids is 1. The van der Waals surface area contributed by atoms with E-state index in [0.29, 0.717) is 5.41 Å². The van der Waals surface area contributed by atoms with Gasteiger partial charge in [0.1, 0.15) is 0 Å². The van der Waals surface area contributed by atoms with Gasteiger partial charge in [-0.2, -0.15) is 5.26 Å². The lowest BCUT2D eigenvalue weighted by molar-refractivity contribution is -0.239. The molecule has 0 saturated carbocycles. The van der Waals surface area contributed by atoms with Crippen molar-refractivity contribution in [1.29, 1.82) is 0 Å². The molecule has 0 heterocycles. The van der Waals surface area contributed by atoms with E-state index in [-0.39, 0.29) is 5.92 Å². The van der Waals surface area contributed by atoms with Crippen molar-refractivity contribution in [2.75, 3.05) is 0 Å². The molecule has 0 spiro atoms. The molecule has 0 aliphatic heterocycles. The third-order valence-corrected chi connectivity index (χ3v) is 3.06. The van der Waals surface area contributed by atoms with Crippen LogP contribution in [0.1, 0.15) is 72.6 Å². The fraction of sp³-hybridized carbons (Fsp3) is 0.929. The van der Waals surface area contributed by atoms with Crippen LogP contribution in [-0.2, 0) is 9.68 Å². The molecule has 0 aromatic rings. The van der Waals surface area contributed by atoms with Crippen LogP contribution >= 0.6 is 0 Å². The third-order valence-electron chi connectivity index (χ3n) is 3.06. The Morgan fingerprint density at radius 2 is 1.76 bits per heavy atom. The molecule has 0 amide bonds. The molecule has 0 radical (unpaired) electrons. The summed E-state index contributed by atoms with van der Waals surface area (Å²) in [5, 5.41) is 8.44. The molecule has 0 saturated heterocycles. The van der Waals surface area contributed by atoms with Crippen molar-refractivity contribution in [2.45, 2.75) is 72.6 Å². The Bertz CT molecular complexity index is 206. The fourth-order valence-corrected chi connectivity index (χ4v) is 1.95. The van der Waals surface area contributed by atoms with Gasteiger partial charge in [-0.15, -0.1) is 0 Å². The molecule has 0 aliphatic rings. The van der Waals surface area contributed by atoms with Crippen LogP contribution in [-0.4, -0.2) is 11.2 Å². The highest BCUT2D eigenvalue weighted by Crippen LogP contribution is 2.24. The second-order valence-electron chi connectivity index (χ2n) is 6.06. The first-order valence-corrected chi connectivity index (χ1v) is 6.76. The number of hydrogen-bond acceptors (Lipinski definition) is 3. The number of hydrogen-bond donors (Lipinski definition) is 1. The average molecular weight is 244 g/mol. The van der Waals surface area contributed by atoms with Gasteiger partial charge < -0.3 is 4.89 Å². The number of rotatable bonds is 8. The highest BCUT2D eigenvalue weighted by atomic mass is 17.1. The first kappa shape index (κ1) is 16.4. The van der Waals surface area contributed by atoms with E-state index in [1.165, 1.54) is 6.42 Å². The summed E-state index contributed by atoms with van der Waals surface area (Å²) in [7, 11) is 0. The maximum atomic E-state index is 11.3. The van der Waals surface area contributed by atoms with Gasteiger partial charge in [0.05, 0.1) is 5.92 Å². The minimum atomic E-state index is -0.464. The van der Waals surface area contributed by atoms with Crippen LogP contribution in [0, 0.1) is 11.3 Å². The molecule has 0 rings (SSSR count). The maximum Gasteiger partial charge on any atom is 0.345 e. The van der Waals surface area contributed by atoms with Crippen LogP contribution < -0.4 is 0 Å². The summed E-state index contributed by atoms with van der Waals surface area (Å²) in [5.41, 5.74) is 0.358. The standard InChI is InChI=1S/C14H28O3/c1-5-6-9-12(13(15)17-16)10-7-8-11-14(2,3)4/h12,16H,5-11H2,1-4H3. The van der Waals surface area contributed by atoms with Gasteiger partial charge in [0.15, 0.2) is 0 Å². The van der Waals surface area contributed by atoms with E-state index in [2.05, 4.69) is 32.6 Å².